The van der Waals surface area contributed by atoms with Gasteiger partial charge in [-0.1, -0.05) is 12.1 Å². The first-order valence-electron chi connectivity index (χ1n) is 5.06. The van der Waals surface area contributed by atoms with Crippen LogP contribution in [-0.2, 0) is 0 Å². The summed E-state index contributed by atoms with van der Waals surface area (Å²) < 4.78 is 5.59. The van der Waals surface area contributed by atoms with Crippen molar-refractivity contribution in [3.63, 3.8) is 0 Å². The van der Waals surface area contributed by atoms with Gasteiger partial charge in [-0.15, -0.1) is 0 Å². The first-order chi connectivity index (χ1) is 8.29. The standard InChI is InChI=1S/C13H8O4/c14-13-9-3-1-2-4-11(9)16-12-6-5-8(17-15)7-10(12)13/h1-7,15H. The molecule has 3 aromatic rings. The molecule has 0 aliphatic rings. The molecule has 0 aliphatic carbocycles. The molecular formula is C13H8O4. The van der Waals surface area contributed by atoms with Crippen molar-refractivity contribution in [1.29, 1.82) is 0 Å². The summed E-state index contributed by atoms with van der Waals surface area (Å²) in [5, 5.41) is 9.46. The van der Waals surface area contributed by atoms with Gasteiger partial charge in [0.2, 0.25) is 5.43 Å². The molecule has 0 radical (unpaired) electrons. The quantitative estimate of drug-likeness (QED) is 0.395. The SMILES string of the molecule is O=c1c2ccccc2oc2ccc(OO)cc12. The van der Waals surface area contributed by atoms with Gasteiger partial charge in [0, 0.05) is 0 Å². The van der Waals surface area contributed by atoms with E-state index in [9.17, 15) is 4.79 Å². The zero-order valence-corrected chi connectivity index (χ0v) is 8.71. The van der Waals surface area contributed by atoms with E-state index in [4.69, 9.17) is 9.67 Å². The molecule has 0 spiro atoms. The molecule has 0 fully saturated rings. The van der Waals surface area contributed by atoms with Crippen LogP contribution in [0.5, 0.6) is 5.75 Å². The molecule has 0 atom stereocenters. The van der Waals surface area contributed by atoms with Gasteiger partial charge >= 0.3 is 0 Å². The number of hydrogen-bond acceptors (Lipinski definition) is 4. The first kappa shape index (κ1) is 9.86. The molecule has 4 heteroatoms. The summed E-state index contributed by atoms with van der Waals surface area (Å²) in [6.07, 6.45) is 0. The molecule has 1 aromatic heterocycles. The lowest BCUT2D eigenvalue weighted by molar-refractivity contribution is -0.137. The lowest BCUT2D eigenvalue weighted by Crippen LogP contribution is -2.02. The average Bonchev–Trinajstić information content (AvgIpc) is 2.39. The van der Waals surface area contributed by atoms with Gasteiger partial charge in [0.1, 0.15) is 11.2 Å². The summed E-state index contributed by atoms with van der Waals surface area (Å²) in [6.45, 7) is 0. The topological polar surface area (TPSA) is 59.7 Å². The Morgan fingerprint density at radius 3 is 2.59 bits per heavy atom. The van der Waals surface area contributed by atoms with E-state index in [-0.39, 0.29) is 11.2 Å². The number of hydrogen-bond donors (Lipinski definition) is 1. The van der Waals surface area contributed by atoms with Crippen molar-refractivity contribution >= 4 is 21.9 Å². The number of rotatable bonds is 1. The largest absolute Gasteiger partial charge is 0.456 e. The fourth-order valence-electron chi connectivity index (χ4n) is 1.84. The normalized spacial score (nSPS) is 10.9. The number of para-hydroxylation sites is 1. The minimum Gasteiger partial charge on any atom is -0.456 e. The molecule has 17 heavy (non-hydrogen) atoms. The van der Waals surface area contributed by atoms with Crippen molar-refractivity contribution in [2.45, 2.75) is 0 Å². The molecule has 84 valence electrons. The molecule has 0 amide bonds. The Balaban J connectivity index is 2.51. The molecule has 0 unspecified atom stereocenters. The van der Waals surface area contributed by atoms with E-state index >= 15 is 0 Å². The van der Waals surface area contributed by atoms with Crippen LogP contribution in [0.4, 0.5) is 0 Å². The van der Waals surface area contributed by atoms with E-state index in [1.807, 2.05) is 6.07 Å². The third-order valence-electron chi connectivity index (χ3n) is 2.65. The second kappa shape index (κ2) is 3.61. The fraction of sp³-hybridized carbons (Fsp3) is 0. The van der Waals surface area contributed by atoms with Crippen molar-refractivity contribution in [1.82, 2.24) is 0 Å². The Morgan fingerprint density at radius 1 is 1.00 bits per heavy atom. The fourth-order valence-corrected chi connectivity index (χ4v) is 1.84. The van der Waals surface area contributed by atoms with Crippen LogP contribution in [0.2, 0.25) is 0 Å². The van der Waals surface area contributed by atoms with Crippen LogP contribution in [-0.4, -0.2) is 5.26 Å². The van der Waals surface area contributed by atoms with Gasteiger partial charge in [0.25, 0.3) is 0 Å². The molecule has 1 N–H and O–H groups in total. The van der Waals surface area contributed by atoms with Crippen molar-refractivity contribution in [2.75, 3.05) is 0 Å². The zero-order valence-electron chi connectivity index (χ0n) is 8.71. The van der Waals surface area contributed by atoms with Crippen LogP contribution in [0, 0.1) is 0 Å². The highest BCUT2D eigenvalue weighted by atomic mass is 17.1. The molecule has 0 bridgehead atoms. The monoisotopic (exact) mass is 228 g/mol. The van der Waals surface area contributed by atoms with Gasteiger partial charge in [0.15, 0.2) is 5.75 Å². The maximum atomic E-state index is 12.2. The van der Waals surface area contributed by atoms with Crippen LogP contribution in [0.1, 0.15) is 0 Å². The van der Waals surface area contributed by atoms with E-state index in [0.717, 1.165) is 0 Å². The second-order valence-electron chi connectivity index (χ2n) is 3.68. The summed E-state index contributed by atoms with van der Waals surface area (Å²) in [7, 11) is 0. The van der Waals surface area contributed by atoms with Gasteiger partial charge in [0.05, 0.1) is 10.8 Å². The third kappa shape index (κ3) is 1.46. The Hall–Kier alpha value is -2.33. The molecule has 3 rings (SSSR count). The summed E-state index contributed by atoms with van der Waals surface area (Å²) in [5.41, 5.74) is 0.873. The predicted molar refractivity (Wildman–Crippen MR) is 63.2 cm³/mol. The number of benzene rings is 2. The van der Waals surface area contributed by atoms with Crippen molar-refractivity contribution in [2.24, 2.45) is 0 Å². The molecule has 0 saturated heterocycles. The molecule has 2 aromatic carbocycles. The minimum atomic E-state index is -0.138. The van der Waals surface area contributed by atoms with Gasteiger partial charge < -0.3 is 9.30 Å². The Kier molecular flexibility index (Phi) is 2.09. The molecule has 1 heterocycles. The van der Waals surface area contributed by atoms with Gasteiger partial charge in [-0.2, -0.15) is 0 Å². The van der Waals surface area contributed by atoms with E-state index in [1.165, 1.54) is 12.1 Å². The third-order valence-corrected chi connectivity index (χ3v) is 2.65. The highest BCUT2D eigenvalue weighted by molar-refractivity contribution is 5.90. The maximum absolute atomic E-state index is 12.2. The molecule has 4 nitrogen and oxygen atoms in total. The van der Waals surface area contributed by atoms with E-state index < -0.39 is 0 Å². The first-order valence-corrected chi connectivity index (χ1v) is 5.06. The van der Waals surface area contributed by atoms with Gasteiger partial charge in [-0.25, -0.2) is 5.26 Å². The van der Waals surface area contributed by atoms with Crippen LogP contribution in [0.3, 0.4) is 0 Å². The Morgan fingerprint density at radius 2 is 1.76 bits per heavy atom. The van der Waals surface area contributed by atoms with Crippen LogP contribution >= 0.6 is 0 Å². The maximum Gasteiger partial charge on any atom is 0.200 e. The summed E-state index contributed by atoms with van der Waals surface area (Å²) in [4.78, 5) is 16.3. The lowest BCUT2D eigenvalue weighted by atomic mass is 10.1. The second-order valence-corrected chi connectivity index (χ2v) is 3.68. The molecule has 0 saturated carbocycles. The summed E-state index contributed by atoms with van der Waals surface area (Å²) in [6, 6.07) is 11.6. The highest BCUT2D eigenvalue weighted by Gasteiger charge is 2.08. The van der Waals surface area contributed by atoms with Crippen LogP contribution in [0.15, 0.2) is 51.7 Å². The average molecular weight is 228 g/mol. The molecular weight excluding hydrogens is 220 g/mol. The van der Waals surface area contributed by atoms with Crippen LogP contribution < -0.4 is 10.3 Å². The van der Waals surface area contributed by atoms with E-state index in [2.05, 4.69) is 4.89 Å². The number of fused-ring (bicyclic) bond motifs is 2. The Labute approximate surface area is 95.6 Å². The highest BCUT2D eigenvalue weighted by Crippen LogP contribution is 2.22. The van der Waals surface area contributed by atoms with Crippen molar-refractivity contribution in [3.8, 4) is 5.75 Å². The minimum absolute atomic E-state index is 0.138. The van der Waals surface area contributed by atoms with Gasteiger partial charge in [-0.3, -0.25) is 4.79 Å². The predicted octanol–water partition coefficient (Wildman–Crippen LogP) is 2.80. The Bertz CT molecular complexity index is 758. The van der Waals surface area contributed by atoms with Crippen molar-refractivity contribution < 1.29 is 14.6 Å². The smallest absolute Gasteiger partial charge is 0.200 e. The van der Waals surface area contributed by atoms with Crippen molar-refractivity contribution in [3.05, 3.63) is 52.7 Å². The van der Waals surface area contributed by atoms with E-state index in [1.54, 1.807) is 24.3 Å². The lowest BCUT2D eigenvalue weighted by Gasteiger charge is -2.02. The van der Waals surface area contributed by atoms with Crippen LogP contribution in [0.25, 0.3) is 21.9 Å². The summed E-state index contributed by atoms with van der Waals surface area (Å²) >= 11 is 0. The van der Waals surface area contributed by atoms with Gasteiger partial charge in [-0.05, 0) is 30.3 Å². The zero-order chi connectivity index (χ0) is 11.8. The molecule has 0 aliphatic heterocycles. The summed E-state index contributed by atoms with van der Waals surface area (Å²) in [5.74, 6) is 0.208. The van der Waals surface area contributed by atoms with E-state index in [0.29, 0.717) is 21.9 Å².